The van der Waals surface area contributed by atoms with Gasteiger partial charge in [-0.1, -0.05) is 11.6 Å². The molecule has 3 saturated carbocycles. The van der Waals surface area contributed by atoms with Crippen LogP contribution in [0.3, 0.4) is 0 Å². The molecule has 2 aromatic heterocycles. The molecule has 1 atom stereocenters. The molecule has 1 aromatic carbocycles. The topological polar surface area (TPSA) is 105 Å². The van der Waals surface area contributed by atoms with Gasteiger partial charge in [-0.3, -0.25) is 23.9 Å². The van der Waals surface area contributed by atoms with Crippen molar-refractivity contribution in [2.45, 2.75) is 37.3 Å². The molecule has 0 spiro atoms. The number of hydrogen-bond acceptors (Lipinski definition) is 5. The summed E-state index contributed by atoms with van der Waals surface area (Å²) in [5.41, 5.74) is -1.52. The molecule has 3 aliphatic carbocycles. The third-order valence-corrected chi connectivity index (χ3v) is 7.39. The van der Waals surface area contributed by atoms with Gasteiger partial charge in [-0.05, 0) is 43.4 Å². The summed E-state index contributed by atoms with van der Waals surface area (Å²) in [6.07, 6.45) is 2.78. The number of aromatic nitrogens is 2. The summed E-state index contributed by atoms with van der Waals surface area (Å²) >= 11 is 6.19. The highest BCUT2D eigenvalue weighted by Gasteiger charge is 2.57. The number of nitrogens with one attached hydrogen (secondary N) is 1. The van der Waals surface area contributed by atoms with E-state index < -0.39 is 29.1 Å². The van der Waals surface area contributed by atoms with E-state index in [4.69, 9.17) is 11.6 Å². The zero-order valence-corrected chi connectivity index (χ0v) is 19.0. The highest BCUT2D eigenvalue weighted by atomic mass is 35.5. The van der Waals surface area contributed by atoms with Gasteiger partial charge in [0.1, 0.15) is 22.9 Å². The van der Waals surface area contributed by atoms with E-state index in [1.165, 1.54) is 17.0 Å². The normalized spacial score (nSPS) is 24.9. The Balaban J connectivity index is 1.55. The van der Waals surface area contributed by atoms with Crippen molar-refractivity contribution in [2.24, 2.45) is 5.92 Å². The average molecular weight is 501 g/mol. The summed E-state index contributed by atoms with van der Waals surface area (Å²) in [4.78, 5) is 44.3. The molecule has 2 N–H and O–H groups in total. The SMILES string of the molecule is O=C(NC12CC(C1)C2)c1cn(-c2c(F)cc(F)cc2Cl)c2nc(N3C[C@@H](O)CC3=O)ccc2c1=O. The molecular weight excluding hydrogens is 482 g/mol. The van der Waals surface area contributed by atoms with Crippen LogP contribution >= 0.6 is 11.6 Å². The van der Waals surface area contributed by atoms with Crippen molar-refractivity contribution in [2.75, 3.05) is 11.4 Å². The smallest absolute Gasteiger partial charge is 0.257 e. The van der Waals surface area contributed by atoms with Crippen LogP contribution in [0, 0.1) is 17.6 Å². The maximum Gasteiger partial charge on any atom is 0.257 e. The number of halogens is 3. The van der Waals surface area contributed by atoms with Gasteiger partial charge in [-0.2, -0.15) is 0 Å². The lowest BCUT2D eigenvalue weighted by atomic mass is 9.50. The average Bonchev–Trinajstić information content (AvgIpc) is 3.08. The van der Waals surface area contributed by atoms with Crippen LogP contribution in [0.4, 0.5) is 14.6 Å². The molecule has 4 aliphatic rings. The zero-order valence-electron chi connectivity index (χ0n) is 18.2. The predicted octanol–water partition coefficient (Wildman–Crippen LogP) is 2.70. The van der Waals surface area contributed by atoms with Crippen LogP contribution in [-0.2, 0) is 4.79 Å². The Morgan fingerprint density at radius 2 is 1.94 bits per heavy atom. The lowest BCUT2D eigenvalue weighted by molar-refractivity contribution is -0.117. The molecule has 180 valence electrons. The van der Waals surface area contributed by atoms with Crippen molar-refractivity contribution in [1.82, 2.24) is 14.9 Å². The first-order valence-corrected chi connectivity index (χ1v) is 11.5. The lowest BCUT2D eigenvalue weighted by Crippen LogP contribution is -2.68. The first-order valence-electron chi connectivity index (χ1n) is 11.2. The van der Waals surface area contributed by atoms with Gasteiger partial charge in [0.25, 0.3) is 5.91 Å². The maximum absolute atomic E-state index is 15.0. The van der Waals surface area contributed by atoms with Gasteiger partial charge in [0.15, 0.2) is 11.5 Å². The number of benzene rings is 1. The molecule has 7 rings (SSSR count). The third-order valence-electron chi connectivity index (χ3n) is 7.10. The Kier molecular flexibility index (Phi) is 4.78. The van der Waals surface area contributed by atoms with Crippen LogP contribution in [0.2, 0.25) is 5.02 Å². The molecule has 0 unspecified atom stereocenters. The molecule has 2 bridgehead atoms. The van der Waals surface area contributed by atoms with E-state index in [9.17, 15) is 28.3 Å². The van der Waals surface area contributed by atoms with Crippen LogP contribution in [0.5, 0.6) is 0 Å². The number of aliphatic hydroxyl groups excluding tert-OH is 1. The minimum atomic E-state index is -1.02. The molecule has 4 fully saturated rings. The highest BCUT2D eigenvalue weighted by Crippen LogP contribution is 2.57. The number of fused-ring (bicyclic) bond motifs is 1. The summed E-state index contributed by atoms with van der Waals surface area (Å²) in [6, 6.07) is 4.36. The van der Waals surface area contributed by atoms with E-state index in [0.29, 0.717) is 12.0 Å². The van der Waals surface area contributed by atoms with Gasteiger partial charge in [0.05, 0.1) is 29.5 Å². The molecule has 11 heteroatoms. The Morgan fingerprint density at radius 1 is 1.20 bits per heavy atom. The fourth-order valence-electron chi connectivity index (χ4n) is 5.29. The third kappa shape index (κ3) is 3.42. The second kappa shape index (κ2) is 7.56. The fourth-order valence-corrected chi connectivity index (χ4v) is 5.58. The van der Waals surface area contributed by atoms with Gasteiger partial charge in [-0.25, -0.2) is 13.8 Å². The fraction of sp³-hybridized carbons (Fsp3) is 0.333. The van der Waals surface area contributed by atoms with Crippen molar-refractivity contribution < 1.29 is 23.5 Å². The van der Waals surface area contributed by atoms with E-state index >= 15 is 0 Å². The number of pyridine rings is 2. The molecule has 8 nitrogen and oxygen atoms in total. The number of β-amino-alcohol motifs (C(OH)–C–C–N with tert-alkyl or cyclic N) is 1. The summed E-state index contributed by atoms with van der Waals surface area (Å²) in [6.45, 7) is 0.0107. The quantitative estimate of drug-likeness (QED) is 0.573. The number of hydrogen-bond donors (Lipinski definition) is 2. The molecule has 0 radical (unpaired) electrons. The van der Waals surface area contributed by atoms with Gasteiger partial charge in [0, 0.05) is 17.8 Å². The van der Waals surface area contributed by atoms with Gasteiger partial charge < -0.3 is 10.4 Å². The largest absolute Gasteiger partial charge is 0.391 e. The molecule has 3 aromatic rings. The first-order chi connectivity index (χ1) is 16.6. The minimum Gasteiger partial charge on any atom is -0.391 e. The van der Waals surface area contributed by atoms with Crippen LogP contribution < -0.4 is 15.6 Å². The molecule has 1 saturated heterocycles. The number of aliphatic hydroxyl groups is 1. The predicted molar refractivity (Wildman–Crippen MR) is 123 cm³/mol. The van der Waals surface area contributed by atoms with E-state index in [2.05, 4.69) is 10.3 Å². The first kappa shape index (κ1) is 22.1. The summed E-state index contributed by atoms with van der Waals surface area (Å²) in [5.74, 6) is -2.13. The number of rotatable bonds is 4. The van der Waals surface area contributed by atoms with Crippen molar-refractivity contribution in [3.8, 4) is 5.69 Å². The van der Waals surface area contributed by atoms with Crippen LogP contribution in [-0.4, -0.2) is 44.7 Å². The summed E-state index contributed by atoms with van der Waals surface area (Å²) in [7, 11) is 0. The monoisotopic (exact) mass is 500 g/mol. The van der Waals surface area contributed by atoms with Crippen molar-refractivity contribution in [3.05, 3.63) is 62.9 Å². The molecule has 35 heavy (non-hydrogen) atoms. The van der Waals surface area contributed by atoms with Crippen molar-refractivity contribution in [1.29, 1.82) is 0 Å². The number of amides is 2. The molecular formula is C24H19ClF2N4O4. The second-order valence-electron chi connectivity index (χ2n) is 9.58. The van der Waals surface area contributed by atoms with E-state index in [1.54, 1.807) is 0 Å². The maximum atomic E-state index is 15.0. The molecule has 2 amide bonds. The van der Waals surface area contributed by atoms with Crippen LogP contribution in [0.25, 0.3) is 16.7 Å². The Hall–Kier alpha value is -3.37. The second-order valence-corrected chi connectivity index (χ2v) is 9.98. The van der Waals surface area contributed by atoms with E-state index in [1.807, 2.05) is 0 Å². The Morgan fingerprint density at radius 3 is 2.54 bits per heavy atom. The van der Waals surface area contributed by atoms with Crippen LogP contribution in [0.1, 0.15) is 36.0 Å². The van der Waals surface area contributed by atoms with Gasteiger partial charge >= 0.3 is 0 Å². The van der Waals surface area contributed by atoms with E-state index in [-0.39, 0.29) is 57.5 Å². The highest BCUT2D eigenvalue weighted by molar-refractivity contribution is 6.32. The molecule has 3 heterocycles. The lowest BCUT2D eigenvalue weighted by Gasteiger charge is -2.61. The van der Waals surface area contributed by atoms with Crippen molar-refractivity contribution >= 4 is 40.3 Å². The molecule has 1 aliphatic heterocycles. The van der Waals surface area contributed by atoms with Gasteiger partial charge in [-0.15, -0.1) is 0 Å². The zero-order chi connectivity index (χ0) is 24.6. The number of nitrogens with zero attached hydrogens (tertiary/aromatic N) is 3. The number of carbonyl (C=O) groups is 2. The van der Waals surface area contributed by atoms with Gasteiger partial charge in [0.2, 0.25) is 11.3 Å². The Bertz CT molecular complexity index is 1470. The van der Waals surface area contributed by atoms with Crippen molar-refractivity contribution in [3.63, 3.8) is 0 Å². The standard InChI is InChI=1S/C24H19ClF2N4O4/c25-16-3-12(26)4-17(27)20(16)31-10-15(23(35)29-24-6-11(7-24)8-24)21(34)14-1-2-18(28-22(14)31)30-9-13(32)5-19(30)33/h1-4,10-11,13,32H,5-9H2,(H,29,35)/t11?,13-,24?/m0/s1. The number of anilines is 1. The van der Waals surface area contributed by atoms with Crippen LogP contribution in [0.15, 0.2) is 35.3 Å². The summed E-state index contributed by atoms with van der Waals surface area (Å²) < 4.78 is 29.9. The van der Waals surface area contributed by atoms with E-state index in [0.717, 1.165) is 36.1 Å². The minimum absolute atomic E-state index is 0.00835. The number of carbonyl (C=O) groups excluding carboxylic acids is 2. The Labute approximate surface area is 202 Å². The summed E-state index contributed by atoms with van der Waals surface area (Å²) in [5, 5.41) is 12.5.